The highest BCUT2D eigenvalue weighted by Crippen LogP contribution is 2.23. The van der Waals surface area contributed by atoms with Gasteiger partial charge < -0.3 is 14.7 Å². The molecular formula is C16H20ClNO4. The number of carboxylic acids is 1. The maximum absolute atomic E-state index is 12.0. The van der Waals surface area contributed by atoms with Crippen LogP contribution in [0.5, 0.6) is 5.75 Å². The van der Waals surface area contributed by atoms with Gasteiger partial charge in [-0.05, 0) is 31.4 Å². The number of hydrogen-bond donors (Lipinski definition) is 1. The Morgan fingerprint density at radius 3 is 2.59 bits per heavy atom. The molecule has 22 heavy (non-hydrogen) atoms. The van der Waals surface area contributed by atoms with E-state index in [2.05, 4.69) is 0 Å². The lowest BCUT2D eigenvalue weighted by Gasteiger charge is -2.30. The fourth-order valence-electron chi connectivity index (χ4n) is 2.50. The molecule has 5 nitrogen and oxygen atoms in total. The molecule has 0 aliphatic carbocycles. The van der Waals surface area contributed by atoms with Gasteiger partial charge >= 0.3 is 5.97 Å². The molecule has 0 aromatic heterocycles. The van der Waals surface area contributed by atoms with Gasteiger partial charge in [-0.2, -0.15) is 0 Å². The highest BCUT2D eigenvalue weighted by atomic mass is 35.5. The molecule has 6 heteroatoms. The maximum atomic E-state index is 12.0. The number of ether oxygens (including phenoxy) is 1. The Labute approximate surface area is 134 Å². The Morgan fingerprint density at radius 2 is 1.95 bits per heavy atom. The standard InChI is InChI=1S/C16H20ClNO4/c17-13-4-1-2-5-14(13)22-11-3-6-15(19)18-9-7-12(8-10-18)16(20)21/h1-2,4-5,12H,3,6-11H2,(H,20,21). The molecule has 0 bridgehead atoms. The third-order valence-electron chi connectivity index (χ3n) is 3.83. The van der Waals surface area contributed by atoms with Crippen molar-refractivity contribution in [2.24, 2.45) is 5.92 Å². The van der Waals surface area contributed by atoms with Crippen LogP contribution >= 0.6 is 11.6 Å². The van der Waals surface area contributed by atoms with Crippen molar-refractivity contribution in [2.75, 3.05) is 19.7 Å². The molecule has 1 fully saturated rings. The second-order valence-corrected chi connectivity index (χ2v) is 5.78. The Hall–Kier alpha value is -1.75. The van der Waals surface area contributed by atoms with Crippen LogP contribution in [0.4, 0.5) is 0 Å². The summed E-state index contributed by atoms with van der Waals surface area (Å²) in [4.78, 5) is 24.7. The summed E-state index contributed by atoms with van der Waals surface area (Å²) in [5.41, 5.74) is 0. The predicted octanol–water partition coefficient (Wildman–Crippen LogP) is 2.82. The number of hydrogen-bond acceptors (Lipinski definition) is 3. The van der Waals surface area contributed by atoms with Crippen LogP contribution in [0.25, 0.3) is 0 Å². The van der Waals surface area contributed by atoms with E-state index in [9.17, 15) is 9.59 Å². The van der Waals surface area contributed by atoms with E-state index in [-0.39, 0.29) is 11.8 Å². The van der Waals surface area contributed by atoms with E-state index in [0.29, 0.717) is 56.2 Å². The number of likely N-dealkylation sites (tertiary alicyclic amines) is 1. The number of rotatable bonds is 6. The number of amides is 1. The first kappa shape index (κ1) is 16.6. The first-order valence-electron chi connectivity index (χ1n) is 7.46. The molecule has 120 valence electrons. The topological polar surface area (TPSA) is 66.8 Å². The molecule has 0 spiro atoms. The fraction of sp³-hybridized carbons (Fsp3) is 0.500. The van der Waals surface area contributed by atoms with Crippen LogP contribution < -0.4 is 4.74 Å². The molecule has 1 saturated heterocycles. The van der Waals surface area contributed by atoms with Crippen LogP contribution in [0.15, 0.2) is 24.3 Å². The zero-order valence-corrected chi connectivity index (χ0v) is 13.1. The summed E-state index contributed by atoms with van der Waals surface area (Å²) < 4.78 is 5.54. The predicted molar refractivity (Wildman–Crippen MR) is 83.1 cm³/mol. The summed E-state index contributed by atoms with van der Waals surface area (Å²) in [6.45, 7) is 1.49. The number of aliphatic carboxylic acids is 1. The van der Waals surface area contributed by atoms with Gasteiger partial charge in [0.25, 0.3) is 0 Å². The van der Waals surface area contributed by atoms with E-state index in [4.69, 9.17) is 21.4 Å². The largest absolute Gasteiger partial charge is 0.492 e. The number of benzene rings is 1. The lowest BCUT2D eigenvalue weighted by Crippen LogP contribution is -2.40. The van der Waals surface area contributed by atoms with E-state index in [1.807, 2.05) is 12.1 Å². The first-order chi connectivity index (χ1) is 10.6. The summed E-state index contributed by atoms with van der Waals surface area (Å²) in [5, 5.41) is 9.50. The Kier molecular flexibility index (Phi) is 6.07. The number of carbonyl (C=O) groups is 2. The molecule has 1 aromatic rings. The van der Waals surface area contributed by atoms with Crippen molar-refractivity contribution in [3.05, 3.63) is 29.3 Å². The monoisotopic (exact) mass is 325 g/mol. The molecule has 0 atom stereocenters. The third kappa shape index (κ3) is 4.63. The molecule has 1 heterocycles. The quantitative estimate of drug-likeness (QED) is 0.817. The van der Waals surface area contributed by atoms with Gasteiger partial charge in [0.05, 0.1) is 17.5 Å². The number of nitrogens with zero attached hydrogens (tertiary/aromatic N) is 1. The number of carboxylic acid groups (broad SMARTS) is 1. The minimum atomic E-state index is -0.764. The van der Waals surface area contributed by atoms with E-state index in [1.165, 1.54) is 0 Å². The van der Waals surface area contributed by atoms with Crippen LogP contribution in [-0.4, -0.2) is 41.6 Å². The number of piperidine rings is 1. The van der Waals surface area contributed by atoms with Gasteiger partial charge in [0, 0.05) is 19.5 Å². The molecule has 0 radical (unpaired) electrons. The van der Waals surface area contributed by atoms with Gasteiger partial charge in [-0.15, -0.1) is 0 Å². The van der Waals surface area contributed by atoms with Crippen molar-refractivity contribution < 1.29 is 19.4 Å². The summed E-state index contributed by atoms with van der Waals surface area (Å²) in [6.07, 6.45) is 2.10. The van der Waals surface area contributed by atoms with Gasteiger partial charge in [-0.3, -0.25) is 9.59 Å². The van der Waals surface area contributed by atoms with Gasteiger partial charge in [-0.25, -0.2) is 0 Å². The number of carbonyl (C=O) groups excluding carboxylic acids is 1. The van der Waals surface area contributed by atoms with E-state index in [0.717, 1.165) is 0 Å². The van der Waals surface area contributed by atoms with E-state index in [1.54, 1.807) is 17.0 Å². The van der Waals surface area contributed by atoms with Crippen LogP contribution in [0, 0.1) is 5.92 Å². The SMILES string of the molecule is O=C(O)C1CCN(C(=O)CCCOc2ccccc2Cl)CC1. The van der Waals surface area contributed by atoms with Gasteiger partial charge in [0.2, 0.25) is 5.91 Å². The zero-order valence-electron chi connectivity index (χ0n) is 12.3. The van der Waals surface area contributed by atoms with Gasteiger partial charge in [-0.1, -0.05) is 23.7 Å². The second-order valence-electron chi connectivity index (χ2n) is 5.38. The fourth-order valence-corrected chi connectivity index (χ4v) is 2.69. The highest BCUT2D eigenvalue weighted by molar-refractivity contribution is 6.32. The molecule has 1 N–H and O–H groups in total. The Bertz CT molecular complexity index is 527. The third-order valence-corrected chi connectivity index (χ3v) is 4.14. The van der Waals surface area contributed by atoms with Crippen molar-refractivity contribution in [3.63, 3.8) is 0 Å². The highest BCUT2D eigenvalue weighted by Gasteiger charge is 2.26. The molecule has 1 aliphatic heterocycles. The van der Waals surface area contributed by atoms with Gasteiger partial charge in [0.15, 0.2) is 0 Å². The van der Waals surface area contributed by atoms with Crippen LogP contribution in [0.1, 0.15) is 25.7 Å². The summed E-state index contributed by atoms with van der Waals surface area (Å²) >= 11 is 5.98. The number of para-hydroxylation sites is 1. The molecule has 1 aliphatic rings. The smallest absolute Gasteiger partial charge is 0.306 e. The second kappa shape index (κ2) is 8.03. The minimum Gasteiger partial charge on any atom is -0.492 e. The lowest BCUT2D eigenvalue weighted by atomic mass is 9.97. The van der Waals surface area contributed by atoms with Crippen LogP contribution in [-0.2, 0) is 9.59 Å². The van der Waals surface area contributed by atoms with E-state index >= 15 is 0 Å². The van der Waals surface area contributed by atoms with Crippen molar-refractivity contribution in [3.8, 4) is 5.75 Å². The molecule has 1 aromatic carbocycles. The maximum Gasteiger partial charge on any atom is 0.306 e. The average Bonchev–Trinajstić information content (AvgIpc) is 2.53. The zero-order chi connectivity index (χ0) is 15.9. The first-order valence-corrected chi connectivity index (χ1v) is 7.83. The Balaban J connectivity index is 1.66. The minimum absolute atomic E-state index is 0.0617. The van der Waals surface area contributed by atoms with Crippen molar-refractivity contribution in [2.45, 2.75) is 25.7 Å². The van der Waals surface area contributed by atoms with Crippen molar-refractivity contribution in [1.82, 2.24) is 4.90 Å². The van der Waals surface area contributed by atoms with E-state index < -0.39 is 5.97 Å². The van der Waals surface area contributed by atoms with Crippen molar-refractivity contribution >= 4 is 23.5 Å². The summed E-state index contributed by atoms with van der Waals surface area (Å²) in [7, 11) is 0. The van der Waals surface area contributed by atoms with Gasteiger partial charge in [0.1, 0.15) is 5.75 Å². The Morgan fingerprint density at radius 1 is 1.27 bits per heavy atom. The number of halogens is 1. The molecule has 0 saturated carbocycles. The average molecular weight is 326 g/mol. The van der Waals surface area contributed by atoms with Crippen LogP contribution in [0.3, 0.4) is 0 Å². The molecular weight excluding hydrogens is 306 g/mol. The molecule has 0 unspecified atom stereocenters. The van der Waals surface area contributed by atoms with Crippen molar-refractivity contribution in [1.29, 1.82) is 0 Å². The molecule has 2 rings (SSSR count). The molecule has 1 amide bonds. The van der Waals surface area contributed by atoms with Crippen LogP contribution in [0.2, 0.25) is 5.02 Å². The lowest BCUT2D eigenvalue weighted by molar-refractivity contribution is -0.145. The summed E-state index contributed by atoms with van der Waals surface area (Å²) in [6, 6.07) is 7.23. The normalized spacial score (nSPS) is 15.6. The summed E-state index contributed by atoms with van der Waals surface area (Å²) in [5.74, 6) is -0.390.